The number of aryl methyl sites for hydroxylation is 1. The van der Waals surface area contributed by atoms with Gasteiger partial charge in [0.15, 0.2) is 0 Å². The number of hydrogen-bond donors (Lipinski definition) is 1. The fraction of sp³-hybridized carbons (Fsp3) is 0.286. The molecule has 1 amide bonds. The number of fused-ring (bicyclic) bond motifs is 3. The van der Waals surface area contributed by atoms with Gasteiger partial charge in [0.2, 0.25) is 0 Å². The highest BCUT2D eigenvalue weighted by atomic mass is 16.5. The van der Waals surface area contributed by atoms with Crippen LogP contribution in [0.1, 0.15) is 26.4 Å². The van der Waals surface area contributed by atoms with Gasteiger partial charge in [0, 0.05) is 36.6 Å². The second-order valence-corrected chi connectivity index (χ2v) is 4.58. The smallest absolute Gasteiger partial charge is 0.338 e. The van der Waals surface area contributed by atoms with Gasteiger partial charge in [-0.05, 0) is 12.1 Å². The molecule has 0 radical (unpaired) electrons. The van der Waals surface area contributed by atoms with E-state index in [4.69, 9.17) is 4.74 Å². The molecule has 0 fully saturated rings. The first kappa shape index (κ1) is 11.8. The lowest BCUT2D eigenvalue weighted by Gasteiger charge is -2.14. The van der Waals surface area contributed by atoms with E-state index in [0.717, 1.165) is 17.6 Å². The highest BCUT2D eigenvalue weighted by molar-refractivity contribution is 6.15. The number of nitrogens with zero attached hydrogens (tertiary/aromatic N) is 1. The number of amides is 1. The Kier molecular flexibility index (Phi) is 2.55. The maximum Gasteiger partial charge on any atom is 0.338 e. The number of nitrogens with one attached hydrogen (secondary N) is 1. The standard InChI is InChI=1S/C14H14N2O3/c1-16-9-5-3-4-8(14(18)19-2)11(9)12-10(16)6-7-15-13(12)17/h3-5H,6-7H2,1-2H3,(H,15,17). The van der Waals surface area contributed by atoms with E-state index in [1.54, 1.807) is 12.1 Å². The van der Waals surface area contributed by atoms with Crippen molar-refractivity contribution < 1.29 is 14.3 Å². The van der Waals surface area contributed by atoms with Crippen molar-refractivity contribution in [1.29, 1.82) is 0 Å². The summed E-state index contributed by atoms with van der Waals surface area (Å²) >= 11 is 0. The molecular weight excluding hydrogens is 244 g/mol. The number of benzene rings is 1. The van der Waals surface area contributed by atoms with Crippen molar-refractivity contribution in [2.45, 2.75) is 6.42 Å². The number of hydrogen-bond acceptors (Lipinski definition) is 3. The van der Waals surface area contributed by atoms with Crippen LogP contribution in [0.15, 0.2) is 18.2 Å². The minimum Gasteiger partial charge on any atom is -0.465 e. The van der Waals surface area contributed by atoms with Crippen LogP contribution in [0.2, 0.25) is 0 Å². The summed E-state index contributed by atoms with van der Waals surface area (Å²) in [5, 5.41) is 3.51. The Balaban J connectivity index is 2.43. The zero-order valence-corrected chi connectivity index (χ0v) is 10.8. The summed E-state index contributed by atoms with van der Waals surface area (Å²) in [4.78, 5) is 24.0. The van der Waals surface area contributed by atoms with E-state index >= 15 is 0 Å². The summed E-state index contributed by atoms with van der Waals surface area (Å²) in [6.07, 6.45) is 0.771. The van der Waals surface area contributed by atoms with Crippen LogP contribution < -0.4 is 5.32 Å². The largest absolute Gasteiger partial charge is 0.465 e. The fourth-order valence-electron chi connectivity index (χ4n) is 2.74. The second kappa shape index (κ2) is 4.12. The molecule has 1 N–H and O–H groups in total. The molecule has 0 bridgehead atoms. The van der Waals surface area contributed by atoms with Gasteiger partial charge in [0.1, 0.15) is 0 Å². The number of aromatic nitrogens is 1. The van der Waals surface area contributed by atoms with Gasteiger partial charge in [0.05, 0.1) is 18.2 Å². The van der Waals surface area contributed by atoms with Crippen LogP contribution in [0.3, 0.4) is 0 Å². The third-order valence-electron chi connectivity index (χ3n) is 3.63. The van der Waals surface area contributed by atoms with Gasteiger partial charge in [-0.2, -0.15) is 0 Å². The lowest BCUT2D eigenvalue weighted by Crippen LogP contribution is -2.32. The Hall–Kier alpha value is -2.30. The van der Waals surface area contributed by atoms with Crippen molar-refractivity contribution in [3.05, 3.63) is 35.0 Å². The zero-order chi connectivity index (χ0) is 13.6. The van der Waals surface area contributed by atoms with Crippen molar-refractivity contribution in [3.63, 3.8) is 0 Å². The van der Waals surface area contributed by atoms with Crippen LogP contribution >= 0.6 is 0 Å². The van der Waals surface area contributed by atoms with E-state index in [1.807, 2.05) is 17.7 Å². The number of rotatable bonds is 1. The van der Waals surface area contributed by atoms with E-state index in [9.17, 15) is 9.59 Å². The Labute approximate surface area is 110 Å². The average molecular weight is 258 g/mol. The van der Waals surface area contributed by atoms with Crippen molar-refractivity contribution in [2.24, 2.45) is 7.05 Å². The molecule has 1 aliphatic rings. The molecule has 98 valence electrons. The number of carbonyl (C=O) groups excluding carboxylic acids is 2. The van der Waals surface area contributed by atoms with E-state index in [2.05, 4.69) is 5.32 Å². The lowest BCUT2D eigenvalue weighted by atomic mass is 10.0. The molecule has 2 aromatic rings. The van der Waals surface area contributed by atoms with Crippen molar-refractivity contribution in [1.82, 2.24) is 9.88 Å². The Morgan fingerprint density at radius 1 is 1.42 bits per heavy atom. The Morgan fingerprint density at radius 3 is 2.95 bits per heavy atom. The van der Waals surface area contributed by atoms with Crippen LogP contribution in [0.4, 0.5) is 0 Å². The summed E-state index contributed by atoms with van der Waals surface area (Å²) < 4.78 is 6.78. The quantitative estimate of drug-likeness (QED) is 0.783. The van der Waals surface area contributed by atoms with Crippen LogP contribution in [0.5, 0.6) is 0 Å². The molecular formula is C14H14N2O3. The Bertz CT molecular complexity index is 700. The summed E-state index contributed by atoms with van der Waals surface area (Å²) in [6, 6.07) is 5.40. The summed E-state index contributed by atoms with van der Waals surface area (Å²) in [5.74, 6) is -0.541. The maximum atomic E-state index is 12.1. The molecule has 19 heavy (non-hydrogen) atoms. The summed E-state index contributed by atoms with van der Waals surface area (Å²) in [5.41, 5.74) is 2.89. The van der Waals surface area contributed by atoms with Gasteiger partial charge in [-0.1, -0.05) is 6.07 Å². The molecule has 1 aliphatic heterocycles. The zero-order valence-electron chi connectivity index (χ0n) is 10.8. The van der Waals surface area contributed by atoms with Gasteiger partial charge in [-0.3, -0.25) is 4.79 Å². The monoisotopic (exact) mass is 258 g/mol. The van der Waals surface area contributed by atoms with Gasteiger partial charge in [-0.15, -0.1) is 0 Å². The highest BCUT2D eigenvalue weighted by Crippen LogP contribution is 2.30. The highest BCUT2D eigenvalue weighted by Gasteiger charge is 2.27. The van der Waals surface area contributed by atoms with Crippen molar-refractivity contribution in [3.8, 4) is 0 Å². The van der Waals surface area contributed by atoms with Crippen LogP contribution in [-0.4, -0.2) is 30.1 Å². The molecule has 5 nitrogen and oxygen atoms in total. The second-order valence-electron chi connectivity index (χ2n) is 4.58. The first-order valence-electron chi connectivity index (χ1n) is 6.12. The Morgan fingerprint density at radius 2 is 2.21 bits per heavy atom. The SMILES string of the molecule is COC(=O)c1cccc2c1c1c(n2C)CCNC1=O. The van der Waals surface area contributed by atoms with Crippen molar-refractivity contribution in [2.75, 3.05) is 13.7 Å². The third-order valence-corrected chi connectivity index (χ3v) is 3.63. The van der Waals surface area contributed by atoms with E-state index in [1.165, 1.54) is 7.11 Å². The third kappa shape index (κ3) is 1.54. The number of ether oxygens (including phenoxy) is 1. The minimum atomic E-state index is -0.419. The molecule has 0 saturated carbocycles. The molecule has 0 aliphatic carbocycles. The average Bonchev–Trinajstić information content (AvgIpc) is 2.73. The summed E-state index contributed by atoms with van der Waals surface area (Å²) in [7, 11) is 3.26. The maximum absolute atomic E-state index is 12.1. The molecule has 0 atom stereocenters. The van der Waals surface area contributed by atoms with Gasteiger partial charge in [-0.25, -0.2) is 4.79 Å². The van der Waals surface area contributed by atoms with Crippen molar-refractivity contribution >= 4 is 22.8 Å². The predicted octanol–water partition coefficient (Wildman–Crippen LogP) is 1.25. The molecule has 0 spiro atoms. The van der Waals surface area contributed by atoms with Crippen LogP contribution in [-0.2, 0) is 18.2 Å². The molecule has 1 aromatic carbocycles. The topological polar surface area (TPSA) is 60.3 Å². The fourth-order valence-corrected chi connectivity index (χ4v) is 2.74. The van der Waals surface area contributed by atoms with Gasteiger partial charge < -0.3 is 14.6 Å². The van der Waals surface area contributed by atoms with E-state index in [-0.39, 0.29) is 5.91 Å². The predicted molar refractivity (Wildman–Crippen MR) is 70.3 cm³/mol. The molecule has 0 unspecified atom stereocenters. The number of carbonyl (C=O) groups is 2. The molecule has 3 rings (SSSR count). The minimum absolute atomic E-state index is 0.122. The first-order valence-corrected chi connectivity index (χ1v) is 6.12. The van der Waals surface area contributed by atoms with E-state index in [0.29, 0.717) is 23.1 Å². The van der Waals surface area contributed by atoms with Crippen LogP contribution in [0, 0.1) is 0 Å². The van der Waals surface area contributed by atoms with E-state index < -0.39 is 5.97 Å². The molecule has 5 heteroatoms. The molecule has 0 saturated heterocycles. The summed E-state index contributed by atoms with van der Waals surface area (Å²) in [6.45, 7) is 0.629. The first-order chi connectivity index (χ1) is 9.15. The number of esters is 1. The number of methoxy groups -OCH3 is 1. The van der Waals surface area contributed by atoms with Gasteiger partial charge in [0.25, 0.3) is 5.91 Å². The molecule has 1 aromatic heterocycles. The molecule has 2 heterocycles. The normalized spacial score (nSPS) is 14.1. The van der Waals surface area contributed by atoms with Crippen LogP contribution in [0.25, 0.3) is 10.9 Å². The van der Waals surface area contributed by atoms with Gasteiger partial charge >= 0.3 is 5.97 Å². The lowest BCUT2D eigenvalue weighted by molar-refractivity contribution is 0.0603.